The lowest BCUT2D eigenvalue weighted by atomic mass is 10.0. The van der Waals surface area contributed by atoms with E-state index in [1.807, 2.05) is 0 Å². The van der Waals surface area contributed by atoms with Crippen molar-refractivity contribution in [3.05, 3.63) is 34.4 Å². The van der Waals surface area contributed by atoms with E-state index in [2.05, 4.69) is 45.1 Å². The van der Waals surface area contributed by atoms with Gasteiger partial charge in [-0.25, -0.2) is 0 Å². The van der Waals surface area contributed by atoms with Gasteiger partial charge < -0.3 is 5.32 Å². The Bertz CT molecular complexity index is 368. The maximum absolute atomic E-state index is 3.58. The molecule has 0 amide bonds. The summed E-state index contributed by atoms with van der Waals surface area (Å²) in [5.74, 6) is 0. The minimum atomic E-state index is 1.02. The third-order valence-electron chi connectivity index (χ3n) is 3.97. The lowest BCUT2D eigenvalue weighted by molar-refractivity contribution is 0.571. The molecule has 19 heavy (non-hydrogen) atoms. The minimum Gasteiger partial charge on any atom is -0.313 e. The summed E-state index contributed by atoms with van der Waals surface area (Å²) in [5.41, 5.74) is 5.67. The first-order valence-corrected chi connectivity index (χ1v) is 7.92. The number of hydrogen-bond acceptors (Lipinski definition) is 1. The van der Waals surface area contributed by atoms with E-state index in [4.69, 9.17) is 0 Å². The topological polar surface area (TPSA) is 12.0 Å². The Labute approximate surface area is 119 Å². The van der Waals surface area contributed by atoms with Crippen LogP contribution in [0.25, 0.3) is 0 Å². The Hall–Kier alpha value is -0.820. The van der Waals surface area contributed by atoms with Crippen LogP contribution < -0.4 is 5.32 Å². The highest BCUT2D eigenvalue weighted by Gasteiger charge is 2.01. The zero-order chi connectivity index (χ0) is 14.1. The van der Waals surface area contributed by atoms with E-state index in [1.165, 1.54) is 60.8 Å². The molecule has 0 aliphatic heterocycles. The van der Waals surface area contributed by atoms with Gasteiger partial charge in [-0.15, -0.1) is 0 Å². The van der Waals surface area contributed by atoms with E-state index < -0.39 is 0 Å². The number of nitrogens with one attached hydrogen (secondary N) is 1. The van der Waals surface area contributed by atoms with Gasteiger partial charge in [0.1, 0.15) is 0 Å². The normalized spacial score (nSPS) is 10.9. The molecule has 1 rings (SSSR count). The maximum Gasteiger partial charge on any atom is 0.0208 e. The van der Waals surface area contributed by atoms with E-state index in [9.17, 15) is 0 Å². The molecule has 0 bridgehead atoms. The SMILES string of the molecule is CCCCCCCCNCc1cc(C)c(C)cc1C. The zero-order valence-electron chi connectivity index (χ0n) is 13.3. The summed E-state index contributed by atoms with van der Waals surface area (Å²) in [6.07, 6.45) is 8.23. The first-order valence-electron chi connectivity index (χ1n) is 7.92. The fourth-order valence-corrected chi connectivity index (χ4v) is 2.46. The third kappa shape index (κ3) is 6.24. The predicted molar refractivity (Wildman–Crippen MR) is 85.7 cm³/mol. The maximum atomic E-state index is 3.58. The smallest absolute Gasteiger partial charge is 0.0208 e. The van der Waals surface area contributed by atoms with Gasteiger partial charge in [-0.3, -0.25) is 0 Å². The quantitative estimate of drug-likeness (QED) is 0.612. The molecule has 0 radical (unpaired) electrons. The lowest BCUT2D eigenvalue weighted by Crippen LogP contribution is -2.15. The summed E-state index contributed by atoms with van der Waals surface area (Å²) in [6, 6.07) is 4.63. The standard InChI is InChI=1S/C18H31N/c1-5-6-7-8-9-10-11-19-14-18-13-16(3)15(2)12-17(18)4/h12-13,19H,5-11,14H2,1-4H3. The Morgan fingerprint density at radius 3 is 2.16 bits per heavy atom. The van der Waals surface area contributed by atoms with E-state index in [1.54, 1.807) is 0 Å². The first kappa shape index (κ1) is 16.2. The van der Waals surface area contributed by atoms with Crippen molar-refractivity contribution in [2.45, 2.75) is 72.8 Å². The summed E-state index contributed by atoms with van der Waals surface area (Å²) in [5, 5.41) is 3.58. The first-order chi connectivity index (χ1) is 9.15. The van der Waals surface area contributed by atoms with Crippen molar-refractivity contribution >= 4 is 0 Å². The van der Waals surface area contributed by atoms with Crippen LogP contribution in [0.2, 0.25) is 0 Å². The van der Waals surface area contributed by atoms with Crippen LogP contribution in [-0.2, 0) is 6.54 Å². The number of hydrogen-bond donors (Lipinski definition) is 1. The Morgan fingerprint density at radius 1 is 0.789 bits per heavy atom. The van der Waals surface area contributed by atoms with Crippen LogP contribution in [0.4, 0.5) is 0 Å². The van der Waals surface area contributed by atoms with Gasteiger partial charge >= 0.3 is 0 Å². The molecule has 0 fully saturated rings. The van der Waals surface area contributed by atoms with Gasteiger partial charge in [0.15, 0.2) is 0 Å². The van der Waals surface area contributed by atoms with E-state index in [0.29, 0.717) is 0 Å². The summed E-state index contributed by atoms with van der Waals surface area (Å²) >= 11 is 0. The Morgan fingerprint density at radius 2 is 1.42 bits per heavy atom. The van der Waals surface area contributed by atoms with Gasteiger partial charge in [0.05, 0.1) is 0 Å². The van der Waals surface area contributed by atoms with Crippen LogP contribution in [-0.4, -0.2) is 6.54 Å². The second kappa shape index (κ2) is 9.14. The molecule has 0 saturated carbocycles. The van der Waals surface area contributed by atoms with E-state index in [-0.39, 0.29) is 0 Å². The molecule has 0 heterocycles. The van der Waals surface area contributed by atoms with Gasteiger partial charge in [-0.2, -0.15) is 0 Å². The lowest BCUT2D eigenvalue weighted by Gasteiger charge is -2.11. The van der Waals surface area contributed by atoms with Crippen molar-refractivity contribution in [2.75, 3.05) is 6.54 Å². The highest BCUT2D eigenvalue weighted by atomic mass is 14.8. The highest BCUT2D eigenvalue weighted by molar-refractivity contribution is 5.36. The van der Waals surface area contributed by atoms with Gasteiger partial charge in [-0.1, -0.05) is 51.2 Å². The van der Waals surface area contributed by atoms with E-state index in [0.717, 1.165) is 13.1 Å². The van der Waals surface area contributed by atoms with Crippen molar-refractivity contribution in [1.29, 1.82) is 0 Å². The molecule has 1 aromatic carbocycles. The van der Waals surface area contributed by atoms with Crippen molar-refractivity contribution < 1.29 is 0 Å². The van der Waals surface area contributed by atoms with Crippen LogP contribution in [0, 0.1) is 20.8 Å². The fraction of sp³-hybridized carbons (Fsp3) is 0.667. The van der Waals surface area contributed by atoms with Crippen molar-refractivity contribution in [2.24, 2.45) is 0 Å². The molecule has 1 heteroatoms. The highest BCUT2D eigenvalue weighted by Crippen LogP contribution is 2.15. The van der Waals surface area contributed by atoms with Crippen molar-refractivity contribution in [3.8, 4) is 0 Å². The average Bonchev–Trinajstić information content (AvgIpc) is 2.38. The summed E-state index contributed by atoms with van der Waals surface area (Å²) in [6.45, 7) is 11.0. The van der Waals surface area contributed by atoms with Gasteiger partial charge in [0, 0.05) is 6.54 Å². The Kier molecular flexibility index (Phi) is 7.81. The molecular formula is C18H31N. The summed E-state index contributed by atoms with van der Waals surface area (Å²) < 4.78 is 0. The molecule has 0 aromatic heterocycles. The Balaban J connectivity index is 2.17. The minimum absolute atomic E-state index is 1.02. The molecule has 0 saturated heterocycles. The molecule has 108 valence electrons. The van der Waals surface area contributed by atoms with Crippen LogP contribution in [0.5, 0.6) is 0 Å². The summed E-state index contributed by atoms with van der Waals surface area (Å²) in [7, 11) is 0. The van der Waals surface area contributed by atoms with E-state index >= 15 is 0 Å². The predicted octanol–water partition coefficient (Wildman–Crippen LogP) is 5.06. The van der Waals surface area contributed by atoms with Crippen LogP contribution in [0.3, 0.4) is 0 Å². The van der Waals surface area contributed by atoms with Gasteiger partial charge in [0.2, 0.25) is 0 Å². The largest absolute Gasteiger partial charge is 0.313 e. The fourth-order valence-electron chi connectivity index (χ4n) is 2.46. The van der Waals surface area contributed by atoms with Gasteiger partial charge in [-0.05, 0) is 56.0 Å². The second-order valence-corrected chi connectivity index (χ2v) is 5.81. The van der Waals surface area contributed by atoms with Crippen LogP contribution in [0.15, 0.2) is 12.1 Å². The second-order valence-electron chi connectivity index (χ2n) is 5.81. The monoisotopic (exact) mass is 261 g/mol. The van der Waals surface area contributed by atoms with Crippen molar-refractivity contribution in [1.82, 2.24) is 5.32 Å². The van der Waals surface area contributed by atoms with Crippen molar-refractivity contribution in [3.63, 3.8) is 0 Å². The molecule has 1 nitrogen and oxygen atoms in total. The third-order valence-corrected chi connectivity index (χ3v) is 3.97. The summed E-state index contributed by atoms with van der Waals surface area (Å²) in [4.78, 5) is 0. The molecule has 0 aliphatic carbocycles. The molecule has 1 aromatic rings. The van der Waals surface area contributed by atoms with Crippen LogP contribution >= 0.6 is 0 Å². The number of rotatable bonds is 9. The molecule has 0 spiro atoms. The average molecular weight is 261 g/mol. The number of benzene rings is 1. The molecule has 0 unspecified atom stereocenters. The zero-order valence-corrected chi connectivity index (χ0v) is 13.3. The molecule has 1 N–H and O–H groups in total. The van der Waals surface area contributed by atoms with Crippen LogP contribution in [0.1, 0.15) is 67.7 Å². The number of aryl methyl sites for hydroxylation is 3. The molecule has 0 atom stereocenters. The number of unbranched alkanes of at least 4 members (excludes halogenated alkanes) is 5. The van der Waals surface area contributed by atoms with Gasteiger partial charge in [0.25, 0.3) is 0 Å². The molecule has 0 aliphatic rings. The molecular weight excluding hydrogens is 230 g/mol.